The summed E-state index contributed by atoms with van der Waals surface area (Å²) in [4.78, 5) is 32.8. The van der Waals surface area contributed by atoms with Crippen LogP contribution < -0.4 is 10.5 Å². The van der Waals surface area contributed by atoms with Gasteiger partial charge in [0.2, 0.25) is 5.91 Å². The third-order valence-corrected chi connectivity index (χ3v) is 6.24. The van der Waals surface area contributed by atoms with E-state index in [0.717, 1.165) is 50.2 Å². The normalized spacial score (nSPS) is 14.3. The molecule has 1 aliphatic rings. The third-order valence-electron chi connectivity index (χ3n) is 6.24. The maximum Gasteiger partial charge on any atom is 0.257 e. The lowest BCUT2D eigenvalue weighted by molar-refractivity contribution is -0.132. The number of nitrogens with zero attached hydrogens (tertiary/aromatic N) is 3. The summed E-state index contributed by atoms with van der Waals surface area (Å²) in [5.41, 5.74) is 9.83. The number of pyridine rings is 1. The van der Waals surface area contributed by atoms with Gasteiger partial charge >= 0.3 is 0 Å². The molecule has 172 valence electrons. The Kier molecular flexibility index (Phi) is 7.72. The lowest BCUT2D eigenvalue weighted by Crippen LogP contribution is -2.38. The molecular weight excluding hydrogens is 404 g/mol. The molecular formula is C25H34N4O3. The number of hydrogen-bond donors (Lipinski definition) is 1. The Morgan fingerprint density at radius 1 is 1.19 bits per heavy atom. The van der Waals surface area contributed by atoms with Crippen molar-refractivity contribution >= 4 is 17.6 Å². The molecule has 7 heteroatoms. The zero-order valence-electron chi connectivity index (χ0n) is 19.6. The fourth-order valence-corrected chi connectivity index (χ4v) is 4.23. The number of aryl methyl sites for hydroxylation is 2. The van der Waals surface area contributed by atoms with E-state index in [2.05, 4.69) is 18.0 Å². The quantitative estimate of drug-likeness (QED) is 0.716. The molecule has 0 radical (unpaired) electrons. The summed E-state index contributed by atoms with van der Waals surface area (Å²) < 4.78 is 5.26. The van der Waals surface area contributed by atoms with E-state index in [1.54, 1.807) is 27.3 Å². The zero-order valence-corrected chi connectivity index (χ0v) is 19.6. The SMILES string of the molecule is COc1ccc(CCCC(=O)N2CCC(c3ccc(C(=O)N(C)C)c(N)n3)CC2)c(C)c1. The molecule has 0 spiro atoms. The lowest BCUT2D eigenvalue weighted by Gasteiger charge is -2.32. The number of benzene rings is 1. The molecule has 2 aromatic rings. The maximum absolute atomic E-state index is 12.7. The topological polar surface area (TPSA) is 88.8 Å². The van der Waals surface area contributed by atoms with Gasteiger partial charge in [0.15, 0.2) is 0 Å². The van der Waals surface area contributed by atoms with Gasteiger partial charge in [0.05, 0.1) is 12.7 Å². The van der Waals surface area contributed by atoms with Gasteiger partial charge in [-0.3, -0.25) is 9.59 Å². The summed E-state index contributed by atoms with van der Waals surface area (Å²) in [6.07, 6.45) is 4.00. The Morgan fingerprint density at radius 2 is 1.91 bits per heavy atom. The van der Waals surface area contributed by atoms with Gasteiger partial charge in [-0.05, 0) is 68.0 Å². The predicted octanol–water partition coefficient (Wildman–Crippen LogP) is 3.41. The van der Waals surface area contributed by atoms with Gasteiger partial charge in [-0.1, -0.05) is 6.07 Å². The molecule has 2 N–H and O–H groups in total. The van der Waals surface area contributed by atoms with Gasteiger partial charge in [-0.25, -0.2) is 4.98 Å². The molecule has 2 heterocycles. The number of anilines is 1. The van der Waals surface area contributed by atoms with E-state index in [9.17, 15) is 9.59 Å². The van der Waals surface area contributed by atoms with Crippen molar-refractivity contribution in [2.24, 2.45) is 0 Å². The summed E-state index contributed by atoms with van der Waals surface area (Å²) in [6, 6.07) is 9.75. The second-order valence-electron chi connectivity index (χ2n) is 8.67. The molecule has 7 nitrogen and oxygen atoms in total. The fraction of sp³-hybridized carbons (Fsp3) is 0.480. The largest absolute Gasteiger partial charge is 0.497 e. The Bertz CT molecular complexity index is 966. The average Bonchev–Trinajstić information content (AvgIpc) is 2.79. The second kappa shape index (κ2) is 10.5. The minimum Gasteiger partial charge on any atom is -0.497 e. The third kappa shape index (κ3) is 5.58. The molecule has 1 aromatic heterocycles. The van der Waals surface area contributed by atoms with Gasteiger partial charge in [0.25, 0.3) is 5.91 Å². The van der Waals surface area contributed by atoms with Crippen LogP contribution in [0, 0.1) is 6.92 Å². The number of carbonyl (C=O) groups excluding carboxylic acids is 2. The molecule has 0 atom stereocenters. The number of nitrogens with two attached hydrogens (primary N) is 1. The number of ether oxygens (including phenoxy) is 1. The fourth-order valence-electron chi connectivity index (χ4n) is 4.23. The van der Waals surface area contributed by atoms with Crippen molar-refractivity contribution in [1.82, 2.24) is 14.8 Å². The Morgan fingerprint density at radius 3 is 2.50 bits per heavy atom. The van der Waals surface area contributed by atoms with Crippen LogP contribution in [0.2, 0.25) is 0 Å². The molecule has 32 heavy (non-hydrogen) atoms. The number of amides is 2. The summed E-state index contributed by atoms with van der Waals surface area (Å²) >= 11 is 0. The molecule has 2 amide bonds. The van der Waals surface area contributed by atoms with Crippen molar-refractivity contribution in [2.45, 2.75) is 44.9 Å². The van der Waals surface area contributed by atoms with E-state index in [0.29, 0.717) is 12.0 Å². The monoisotopic (exact) mass is 438 g/mol. The van der Waals surface area contributed by atoms with Crippen LogP contribution in [-0.4, -0.2) is 60.9 Å². The van der Waals surface area contributed by atoms with Gasteiger partial charge in [-0.2, -0.15) is 0 Å². The van der Waals surface area contributed by atoms with Crippen molar-refractivity contribution in [3.8, 4) is 5.75 Å². The highest BCUT2D eigenvalue weighted by Gasteiger charge is 2.25. The molecule has 1 aromatic carbocycles. The highest BCUT2D eigenvalue weighted by atomic mass is 16.5. The first-order valence-electron chi connectivity index (χ1n) is 11.2. The first-order valence-corrected chi connectivity index (χ1v) is 11.2. The average molecular weight is 439 g/mol. The number of nitrogen functional groups attached to an aromatic ring is 1. The Hall–Kier alpha value is -3.09. The zero-order chi connectivity index (χ0) is 23.3. The van der Waals surface area contributed by atoms with Crippen LogP contribution in [0.15, 0.2) is 30.3 Å². The minimum atomic E-state index is -0.146. The number of hydrogen-bond acceptors (Lipinski definition) is 5. The molecule has 1 aliphatic heterocycles. The molecule has 1 fully saturated rings. The highest BCUT2D eigenvalue weighted by Crippen LogP contribution is 2.29. The Labute approximate surface area is 190 Å². The van der Waals surface area contributed by atoms with Crippen molar-refractivity contribution in [3.05, 3.63) is 52.7 Å². The molecule has 0 bridgehead atoms. The Balaban J connectivity index is 1.48. The van der Waals surface area contributed by atoms with Crippen LogP contribution in [0.3, 0.4) is 0 Å². The van der Waals surface area contributed by atoms with E-state index in [4.69, 9.17) is 10.5 Å². The van der Waals surface area contributed by atoms with Crippen molar-refractivity contribution in [3.63, 3.8) is 0 Å². The first kappa shape index (κ1) is 23.6. The van der Waals surface area contributed by atoms with Gasteiger partial charge < -0.3 is 20.3 Å². The van der Waals surface area contributed by atoms with Crippen LogP contribution in [0.25, 0.3) is 0 Å². The van der Waals surface area contributed by atoms with E-state index < -0.39 is 0 Å². The number of likely N-dealkylation sites (tertiary alicyclic amines) is 1. The van der Waals surface area contributed by atoms with Crippen molar-refractivity contribution in [1.29, 1.82) is 0 Å². The number of methoxy groups -OCH3 is 1. The lowest BCUT2D eigenvalue weighted by atomic mass is 9.92. The predicted molar refractivity (Wildman–Crippen MR) is 126 cm³/mol. The number of rotatable bonds is 7. The van der Waals surface area contributed by atoms with E-state index in [1.165, 1.54) is 16.0 Å². The van der Waals surface area contributed by atoms with Crippen LogP contribution in [0.1, 0.15) is 58.8 Å². The standard InChI is InChI=1S/C25H34N4O3/c1-17-16-20(32-4)9-8-18(17)6-5-7-23(30)29-14-12-19(13-15-29)22-11-10-21(24(26)27-22)25(31)28(2)3/h8-11,16,19H,5-7,12-15H2,1-4H3,(H2,26,27). The van der Waals surface area contributed by atoms with Gasteiger partial charge in [-0.15, -0.1) is 0 Å². The first-order chi connectivity index (χ1) is 15.3. The molecule has 1 saturated heterocycles. The van der Waals surface area contributed by atoms with Crippen molar-refractivity contribution in [2.75, 3.05) is 40.0 Å². The number of carbonyl (C=O) groups is 2. The van der Waals surface area contributed by atoms with E-state index in [-0.39, 0.29) is 23.6 Å². The van der Waals surface area contributed by atoms with Crippen LogP contribution in [0.5, 0.6) is 5.75 Å². The number of piperidine rings is 1. The summed E-state index contributed by atoms with van der Waals surface area (Å²) in [6.45, 7) is 3.53. The van der Waals surface area contributed by atoms with Crippen LogP contribution in [-0.2, 0) is 11.2 Å². The van der Waals surface area contributed by atoms with Crippen LogP contribution in [0.4, 0.5) is 5.82 Å². The summed E-state index contributed by atoms with van der Waals surface area (Å²) in [5.74, 6) is 1.46. The maximum atomic E-state index is 12.7. The van der Waals surface area contributed by atoms with Gasteiger partial charge in [0.1, 0.15) is 11.6 Å². The highest BCUT2D eigenvalue weighted by molar-refractivity contribution is 5.98. The van der Waals surface area contributed by atoms with Crippen LogP contribution >= 0.6 is 0 Å². The van der Waals surface area contributed by atoms with Crippen molar-refractivity contribution < 1.29 is 14.3 Å². The number of aromatic nitrogens is 1. The summed E-state index contributed by atoms with van der Waals surface area (Å²) in [5, 5.41) is 0. The van der Waals surface area contributed by atoms with E-state index >= 15 is 0 Å². The molecule has 0 saturated carbocycles. The summed E-state index contributed by atoms with van der Waals surface area (Å²) in [7, 11) is 5.06. The van der Waals surface area contributed by atoms with Gasteiger partial charge in [0, 0.05) is 45.2 Å². The minimum absolute atomic E-state index is 0.146. The molecule has 0 aliphatic carbocycles. The van der Waals surface area contributed by atoms with E-state index in [1.807, 2.05) is 23.1 Å². The molecule has 3 rings (SSSR count). The smallest absolute Gasteiger partial charge is 0.257 e. The second-order valence-corrected chi connectivity index (χ2v) is 8.67. The molecule has 0 unspecified atom stereocenters.